The van der Waals surface area contributed by atoms with Gasteiger partial charge in [0.15, 0.2) is 11.0 Å². The minimum absolute atomic E-state index is 0.167. The molecule has 2 aromatic carbocycles. The van der Waals surface area contributed by atoms with Crippen LogP contribution in [0.4, 0.5) is 11.4 Å². The largest absolute Gasteiger partial charge is 0.326 e. The van der Waals surface area contributed by atoms with Crippen LogP contribution in [0.5, 0.6) is 0 Å². The highest BCUT2D eigenvalue weighted by Crippen LogP contribution is 2.25. The van der Waals surface area contributed by atoms with Gasteiger partial charge in [0.1, 0.15) is 0 Å². The maximum absolute atomic E-state index is 12.4. The van der Waals surface area contributed by atoms with Gasteiger partial charge in [0.25, 0.3) is 0 Å². The first kappa shape index (κ1) is 21.3. The lowest BCUT2D eigenvalue weighted by Gasteiger charge is -2.09. The fourth-order valence-corrected chi connectivity index (χ4v) is 3.64. The number of aryl methyl sites for hydroxylation is 1. The number of carbonyl (C=O) groups is 2. The van der Waals surface area contributed by atoms with Gasteiger partial charge in [-0.15, -0.1) is 16.8 Å². The smallest absolute Gasteiger partial charge is 0.234 e. The Morgan fingerprint density at radius 2 is 1.83 bits per heavy atom. The van der Waals surface area contributed by atoms with Gasteiger partial charge in [-0.1, -0.05) is 47.7 Å². The third-order valence-electron chi connectivity index (χ3n) is 4.10. The first-order valence-corrected chi connectivity index (χ1v) is 10.4. The molecule has 0 bridgehead atoms. The van der Waals surface area contributed by atoms with E-state index in [0.29, 0.717) is 23.1 Å². The number of rotatable bonds is 8. The van der Waals surface area contributed by atoms with E-state index in [1.807, 2.05) is 35.8 Å². The Morgan fingerprint density at radius 1 is 1.10 bits per heavy atom. The molecule has 0 aliphatic carbocycles. The number of carbonyl (C=O) groups excluding carboxylic acids is 2. The first-order chi connectivity index (χ1) is 14.5. The summed E-state index contributed by atoms with van der Waals surface area (Å²) < 4.78 is 1.94. The van der Waals surface area contributed by atoms with Gasteiger partial charge in [-0.3, -0.25) is 14.2 Å². The van der Waals surface area contributed by atoms with Gasteiger partial charge in [0, 0.05) is 30.4 Å². The van der Waals surface area contributed by atoms with E-state index in [1.165, 1.54) is 18.7 Å². The molecule has 1 heterocycles. The summed E-state index contributed by atoms with van der Waals surface area (Å²) in [6, 6.07) is 15.0. The molecule has 3 rings (SSSR count). The Morgan fingerprint density at radius 3 is 2.53 bits per heavy atom. The molecule has 0 saturated heterocycles. The molecule has 154 valence electrons. The first-order valence-electron chi connectivity index (χ1n) is 9.37. The Hall–Kier alpha value is -3.39. The van der Waals surface area contributed by atoms with Crippen molar-refractivity contribution in [2.75, 3.05) is 16.4 Å². The van der Waals surface area contributed by atoms with E-state index in [1.54, 1.807) is 30.3 Å². The maximum atomic E-state index is 12.4. The zero-order valence-corrected chi connectivity index (χ0v) is 17.7. The van der Waals surface area contributed by atoms with Gasteiger partial charge in [0.05, 0.1) is 5.75 Å². The zero-order valence-electron chi connectivity index (χ0n) is 16.9. The fourth-order valence-electron chi connectivity index (χ4n) is 2.89. The van der Waals surface area contributed by atoms with E-state index in [-0.39, 0.29) is 17.6 Å². The number of hydrogen-bond acceptors (Lipinski definition) is 5. The molecule has 7 nitrogen and oxygen atoms in total. The number of nitrogens with zero attached hydrogens (tertiary/aromatic N) is 3. The van der Waals surface area contributed by atoms with Crippen molar-refractivity contribution in [2.45, 2.75) is 25.5 Å². The summed E-state index contributed by atoms with van der Waals surface area (Å²) in [5, 5.41) is 14.8. The molecule has 0 spiro atoms. The van der Waals surface area contributed by atoms with Gasteiger partial charge in [-0.2, -0.15) is 0 Å². The van der Waals surface area contributed by atoms with Crippen molar-refractivity contribution in [3.05, 3.63) is 66.7 Å². The maximum Gasteiger partial charge on any atom is 0.234 e. The van der Waals surface area contributed by atoms with Crippen molar-refractivity contribution in [1.82, 2.24) is 14.8 Å². The van der Waals surface area contributed by atoms with Crippen LogP contribution in [0.25, 0.3) is 11.4 Å². The molecule has 0 aliphatic heterocycles. The summed E-state index contributed by atoms with van der Waals surface area (Å²) in [4.78, 5) is 23.6. The minimum atomic E-state index is -0.176. The Labute approximate surface area is 179 Å². The summed E-state index contributed by atoms with van der Waals surface area (Å²) in [7, 11) is 0. The Balaban J connectivity index is 1.69. The molecule has 0 atom stereocenters. The fraction of sp³-hybridized carbons (Fsp3) is 0.182. The van der Waals surface area contributed by atoms with Crippen LogP contribution < -0.4 is 10.6 Å². The summed E-state index contributed by atoms with van der Waals surface area (Å²) in [6.07, 6.45) is 1.78. The predicted octanol–water partition coefficient (Wildman–Crippen LogP) is 4.13. The second-order valence-corrected chi connectivity index (χ2v) is 7.62. The van der Waals surface area contributed by atoms with E-state index in [2.05, 4.69) is 27.4 Å². The number of nitrogens with one attached hydrogen (secondary N) is 2. The van der Waals surface area contributed by atoms with Crippen LogP contribution in [0, 0.1) is 6.92 Å². The molecule has 0 fully saturated rings. The SMILES string of the molecule is C=CCn1c(SCC(=O)Nc2cccc(NC(C)=O)c2)nnc1-c1cccc(C)c1. The van der Waals surface area contributed by atoms with Crippen molar-refractivity contribution >= 4 is 35.0 Å². The molecule has 0 aliphatic rings. The van der Waals surface area contributed by atoms with Gasteiger partial charge >= 0.3 is 0 Å². The van der Waals surface area contributed by atoms with Crippen molar-refractivity contribution in [1.29, 1.82) is 0 Å². The highest BCUT2D eigenvalue weighted by atomic mass is 32.2. The molecule has 0 radical (unpaired) electrons. The molecule has 2 N–H and O–H groups in total. The number of anilines is 2. The van der Waals surface area contributed by atoms with Crippen LogP contribution in [0.3, 0.4) is 0 Å². The highest BCUT2D eigenvalue weighted by Gasteiger charge is 2.15. The van der Waals surface area contributed by atoms with Gasteiger partial charge < -0.3 is 10.6 Å². The summed E-state index contributed by atoms with van der Waals surface area (Å²) in [5.41, 5.74) is 3.34. The number of aromatic nitrogens is 3. The minimum Gasteiger partial charge on any atom is -0.326 e. The van der Waals surface area contributed by atoms with Crippen LogP contribution >= 0.6 is 11.8 Å². The topological polar surface area (TPSA) is 88.9 Å². The van der Waals surface area contributed by atoms with Crippen LogP contribution in [0.15, 0.2) is 66.3 Å². The molecule has 1 aromatic heterocycles. The van der Waals surface area contributed by atoms with Crippen molar-refractivity contribution < 1.29 is 9.59 Å². The van der Waals surface area contributed by atoms with Gasteiger partial charge in [-0.05, 0) is 31.2 Å². The zero-order chi connectivity index (χ0) is 21.5. The number of benzene rings is 2. The number of allylic oxidation sites excluding steroid dienone is 1. The number of thioether (sulfide) groups is 1. The lowest BCUT2D eigenvalue weighted by Crippen LogP contribution is -2.15. The molecule has 30 heavy (non-hydrogen) atoms. The highest BCUT2D eigenvalue weighted by molar-refractivity contribution is 7.99. The van der Waals surface area contributed by atoms with Crippen molar-refractivity contribution in [3.63, 3.8) is 0 Å². The molecule has 0 unspecified atom stereocenters. The number of hydrogen-bond donors (Lipinski definition) is 2. The molecule has 2 amide bonds. The van der Waals surface area contributed by atoms with Gasteiger partial charge in [-0.25, -0.2) is 0 Å². The summed E-state index contributed by atoms with van der Waals surface area (Å²) in [6.45, 7) is 7.82. The lowest BCUT2D eigenvalue weighted by atomic mass is 10.1. The normalized spacial score (nSPS) is 10.5. The van der Waals surface area contributed by atoms with Gasteiger partial charge in [0.2, 0.25) is 11.8 Å². The van der Waals surface area contributed by atoms with Crippen LogP contribution in [-0.4, -0.2) is 32.3 Å². The summed E-state index contributed by atoms with van der Waals surface area (Å²) in [5.74, 6) is 0.572. The van der Waals surface area contributed by atoms with Crippen LogP contribution in [0.1, 0.15) is 12.5 Å². The van der Waals surface area contributed by atoms with E-state index in [0.717, 1.165) is 17.0 Å². The Kier molecular flexibility index (Phi) is 7.03. The quantitative estimate of drug-likeness (QED) is 0.422. The third kappa shape index (κ3) is 5.57. The average Bonchev–Trinajstić information content (AvgIpc) is 3.09. The van der Waals surface area contributed by atoms with Crippen LogP contribution in [-0.2, 0) is 16.1 Å². The lowest BCUT2D eigenvalue weighted by molar-refractivity contribution is -0.114. The molecular formula is C22H23N5O2S. The van der Waals surface area contributed by atoms with Crippen molar-refractivity contribution in [3.8, 4) is 11.4 Å². The van der Waals surface area contributed by atoms with E-state index in [9.17, 15) is 9.59 Å². The standard InChI is InChI=1S/C22H23N5O2S/c1-4-11-27-21(17-8-5-7-15(2)12-17)25-26-22(27)30-14-20(29)24-19-10-6-9-18(13-19)23-16(3)28/h4-10,12-13H,1,11,14H2,2-3H3,(H,23,28)(H,24,29). The van der Waals surface area contributed by atoms with Crippen LogP contribution in [0.2, 0.25) is 0 Å². The number of amides is 2. The average molecular weight is 422 g/mol. The molecular weight excluding hydrogens is 398 g/mol. The summed E-state index contributed by atoms with van der Waals surface area (Å²) >= 11 is 1.31. The van der Waals surface area contributed by atoms with E-state index < -0.39 is 0 Å². The molecule has 3 aromatic rings. The monoisotopic (exact) mass is 421 g/mol. The predicted molar refractivity (Wildman–Crippen MR) is 120 cm³/mol. The van der Waals surface area contributed by atoms with Crippen molar-refractivity contribution in [2.24, 2.45) is 0 Å². The Bertz CT molecular complexity index is 1080. The molecule has 8 heteroatoms. The molecule has 0 saturated carbocycles. The van der Waals surface area contributed by atoms with E-state index >= 15 is 0 Å². The second kappa shape index (κ2) is 9.89. The van der Waals surface area contributed by atoms with E-state index in [4.69, 9.17) is 0 Å². The third-order valence-corrected chi connectivity index (χ3v) is 5.07. The second-order valence-electron chi connectivity index (χ2n) is 6.67.